The highest BCUT2D eigenvalue weighted by Crippen LogP contribution is 2.21. The van der Waals surface area contributed by atoms with Crippen LogP contribution in [0.2, 0.25) is 0 Å². The first kappa shape index (κ1) is 14.4. The fourth-order valence-electron chi connectivity index (χ4n) is 1.92. The largest absolute Gasteiger partial charge is 0.454 e. The molecule has 0 saturated heterocycles. The van der Waals surface area contributed by atoms with Crippen LogP contribution in [0.5, 0.6) is 0 Å². The van der Waals surface area contributed by atoms with Gasteiger partial charge in [-0.1, -0.05) is 6.92 Å². The summed E-state index contributed by atoms with van der Waals surface area (Å²) < 4.78 is 40.2. The number of Topliss-reactive ketones (excluding diaryl/α,β-unsaturated/α-hetero) is 1. The molecule has 0 aliphatic rings. The second-order valence-corrected chi connectivity index (χ2v) is 4.50. The minimum absolute atomic E-state index is 0.351. The van der Waals surface area contributed by atoms with E-state index >= 15 is 0 Å². The summed E-state index contributed by atoms with van der Waals surface area (Å²) >= 11 is 0. The molecule has 0 aromatic carbocycles. The smallest absolute Gasteiger partial charge is 0.348 e. The van der Waals surface area contributed by atoms with Crippen LogP contribution in [0.3, 0.4) is 0 Å². The maximum Gasteiger partial charge on any atom is 0.454 e. The third kappa shape index (κ3) is 2.92. The van der Waals surface area contributed by atoms with Crippen LogP contribution in [-0.2, 0) is 20.0 Å². The summed E-state index contributed by atoms with van der Waals surface area (Å²) in [5.41, 5.74) is 1.43. The van der Waals surface area contributed by atoms with E-state index in [0.29, 0.717) is 6.54 Å². The molecule has 0 aliphatic heterocycles. The number of alkyl halides is 3. The van der Waals surface area contributed by atoms with Gasteiger partial charge in [-0.05, 0) is 18.6 Å². The molecule has 0 aliphatic carbocycles. The van der Waals surface area contributed by atoms with E-state index in [1.165, 1.54) is 23.0 Å². The van der Waals surface area contributed by atoms with Crippen molar-refractivity contribution in [3.05, 3.63) is 41.5 Å². The molecular weight excluding hydrogens is 271 g/mol. The number of aryl methyl sites for hydroxylation is 2. The molecule has 2 aromatic rings. The van der Waals surface area contributed by atoms with Crippen LogP contribution in [0.1, 0.15) is 28.7 Å². The highest BCUT2D eigenvalue weighted by Gasteiger charge is 2.39. The molecule has 0 spiro atoms. The fraction of sp³-hybridized carbons (Fsp3) is 0.385. The Morgan fingerprint density at radius 3 is 2.65 bits per heavy atom. The number of carbonyl (C=O) groups excluding carboxylic acids is 1. The summed E-state index contributed by atoms with van der Waals surface area (Å²) in [4.78, 5) is 11.1. The van der Waals surface area contributed by atoms with E-state index in [-0.39, 0.29) is 5.56 Å². The SMILES string of the molecule is CCc1cc(Cn2ccc(C(=O)C(F)(F)F)c2)n(C)n1. The molecule has 0 fully saturated rings. The molecular formula is C13H14F3N3O. The third-order valence-corrected chi connectivity index (χ3v) is 3.00. The molecule has 0 bridgehead atoms. The maximum atomic E-state index is 12.3. The molecule has 0 saturated carbocycles. The molecule has 0 atom stereocenters. The van der Waals surface area contributed by atoms with Gasteiger partial charge in [0.05, 0.1) is 17.9 Å². The summed E-state index contributed by atoms with van der Waals surface area (Å²) in [6.07, 6.45) is -1.39. The highest BCUT2D eigenvalue weighted by atomic mass is 19.4. The Labute approximate surface area is 113 Å². The van der Waals surface area contributed by atoms with Crippen molar-refractivity contribution in [2.75, 3.05) is 0 Å². The lowest BCUT2D eigenvalue weighted by Gasteiger charge is -2.04. The molecule has 2 heterocycles. The molecule has 0 radical (unpaired) electrons. The van der Waals surface area contributed by atoms with Crippen molar-refractivity contribution in [2.45, 2.75) is 26.1 Å². The van der Waals surface area contributed by atoms with E-state index < -0.39 is 12.0 Å². The maximum absolute atomic E-state index is 12.3. The normalized spacial score (nSPS) is 11.8. The Morgan fingerprint density at radius 2 is 2.10 bits per heavy atom. The van der Waals surface area contributed by atoms with Crippen molar-refractivity contribution in [3.63, 3.8) is 0 Å². The van der Waals surface area contributed by atoms with Gasteiger partial charge >= 0.3 is 6.18 Å². The average molecular weight is 285 g/mol. The molecule has 20 heavy (non-hydrogen) atoms. The molecule has 4 nitrogen and oxygen atoms in total. The van der Waals surface area contributed by atoms with E-state index in [1.807, 2.05) is 13.0 Å². The summed E-state index contributed by atoms with van der Waals surface area (Å²) in [5, 5.41) is 4.26. The Balaban J connectivity index is 2.17. The lowest BCUT2D eigenvalue weighted by Crippen LogP contribution is -2.22. The topological polar surface area (TPSA) is 39.8 Å². The Bertz CT molecular complexity index is 625. The minimum Gasteiger partial charge on any atom is -0.348 e. The second-order valence-electron chi connectivity index (χ2n) is 4.50. The summed E-state index contributed by atoms with van der Waals surface area (Å²) in [6, 6.07) is 3.07. The summed E-state index contributed by atoms with van der Waals surface area (Å²) in [5.74, 6) is -1.82. The Morgan fingerprint density at radius 1 is 1.40 bits per heavy atom. The molecule has 108 valence electrons. The van der Waals surface area contributed by atoms with Crippen LogP contribution >= 0.6 is 0 Å². The lowest BCUT2D eigenvalue weighted by molar-refractivity contribution is -0.0885. The van der Waals surface area contributed by atoms with Crippen LogP contribution in [-0.4, -0.2) is 26.3 Å². The van der Waals surface area contributed by atoms with Crippen molar-refractivity contribution in [3.8, 4) is 0 Å². The average Bonchev–Trinajstić information content (AvgIpc) is 2.95. The number of ketones is 1. The number of hydrogen-bond donors (Lipinski definition) is 0. The number of halogens is 3. The van der Waals surface area contributed by atoms with Gasteiger partial charge < -0.3 is 4.57 Å². The van der Waals surface area contributed by atoms with Crippen molar-refractivity contribution < 1.29 is 18.0 Å². The van der Waals surface area contributed by atoms with E-state index in [4.69, 9.17) is 0 Å². The predicted octanol–water partition coefficient (Wildman–Crippen LogP) is 2.58. The van der Waals surface area contributed by atoms with Gasteiger partial charge in [-0.3, -0.25) is 9.48 Å². The monoisotopic (exact) mass is 285 g/mol. The number of aromatic nitrogens is 3. The summed E-state index contributed by atoms with van der Waals surface area (Å²) in [7, 11) is 1.78. The van der Waals surface area contributed by atoms with Crippen molar-refractivity contribution in [2.24, 2.45) is 7.05 Å². The number of hydrogen-bond acceptors (Lipinski definition) is 2. The van der Waals surface area contributed by atoms with E-state index in [9.17, 15) is 18.0 Å². The number of carbonyl (C=O) groups is 1. The van der Waals surface area contributed by atoms with Crippen LogP contribution in [0.4, 0.5) is 13.2 Å². The quantitative estimate of drug-likeness (QED) is 0.810. The third-order valence-electron chi connectivity index (χ3n) is 3.00. The Hall–Kier alpha value is -2.05. The first-order valence-corrected chi connectivity index (χ1v) is 6.10. The molecule has 2 rings (SSSR count). The zero-order valence-electron chi connectivity index (χ0n) is 11.1. The van der Waals surface area contributed by atoms with Crippen LogP contribution in [0.15, 0.2) is 24.5 Å². The first-order valence-electron chi connectivity index (χ1n) is 6.10. The molecule has 0 N–H and O–H groups in total. The molecule has 7 heteroatoms. The van der Waals surface area contributed by atoms with Crippen LogP contribution in [0.25, 0.3) is 0 Å². The summed E-state index contributed by atoms with van der Waals surface area (Å²) in [6.45, 7) is 2.34. The number of nitrogens with zero attached hydrogens (tertiary/aromatic N) is 3. The highest BCUT2D eigenvalue weighted by molar-refractivity contribution is 6.00. The van der Waals surface area contributed by atoms with Gasteiger partial charge in [-0.15, -0.1) is 0 Å². The zero-order chi connectivity index (χ0) is 14.9. The first-order chi connectivity index (χ1) is 9.31. The molecule has 2 aromatic heterocycles. The van der Waals surface area contributed by atoms with Crippen molar-refractivity contribution >= 4 is 5.78 Å². The van der Waals surface area contributed by atoms with E-state index in [2.05, 4.69) is 5.10 Å². The standard InChI is InChI=1S/C13H14F3N3O/c1-3-10-6-11(18(2)17-10)8-19-5-4-9(7-19)12(20)13(14,15)16/h4-7H,3,8H2,1-2H3. The van der Waals surface area contributed by atoms with Crippen molar-refractivity contribution in [1.82, 2.24) is 14.3 Å². The van der Waals surface area contributed by atoms with Gasteiger partial charge in [0.15, 0.2) is 0 Å². The molecule has 0 amide bonds. The lowest BCUT2D eigenvalue weighted by atomic mass is 10.2. The van der Waals surface area contributed by atoms with Gasteiger partial charge in [0.25, 0.3) is 5.78 Å². The van der Waals surface area contributed by atoms with E-state index in [1.54, 1.807) is 11.7 Å². The second kappa shape index (κ2) is 5.15. The Kier molecular flexibility index (Phi) is 3.69. The van der Waals surface area contributed by atoms with Gasteiger partial charge in [0.2, 0.25) is 0 Å². The predicted molar refractivity (Wildman–Crippen MR) is 66.5 cm³/mol. The van der Waals surface area contributed by atoms with Crippen LogP contribution in [0, 0.1) is 0 Å². The van der Waals surface area contributed by atoms with Gasteiger partial charge in [-0.2, -0.15) is 18.3 Å². The zero-order valence-corrected chi connectivity index (χ0v) is 11.1. The van der Waals surface area contributed by atoms with Crippen LogP contribution < -0.4 is 0 Å². The van der Waals surface area contributed by atoms with E-state index in [0.717, 1.165) is 17.8 Å². The van der Waals surface area contributed by atoms with Gasteiger partial charge in [-0.25, -0.2) is 0 Å². The number of rotatable bonds is 4. The molecule has 0 unspecified atom stereocenters. The van der Waals surface area contributed by atoms with Gasteiger partial charge in [0, 0.05) is 25.0 Å². The van der Waals surface area contributed by atoms with Gasteiger partial charge in [0.1, 0.15) is 0 Å². The minimum atomic E-state index is -4.84. The van der Waals surface area contributed by atoms with Crippen molar-refractivity contribution in [1.29, 1.82) is 0 Å². The fourth-order valence-corrected chi connectivity index (χ4v) is 1.92.